The van der Waals surface area contributed by atoms with Crippen LogP contribution in [0.2, 0.25) is 0 Å². The van der Waals surface area contributed by atoms with E-state index in [1.807, 2.05) is 0 Å². The van der Waals surface area contributed by atoms with Crippen molar-refractivity contribution < 1.29 is 29.2 Å². The summed E-state index contributed by atoms with van der Waals surface area (Å²) < 4.78 is 23.4. The van der Waals surface area contributed by atoms with E-state index in [4.69, 9.17) is 18.9 Å². The standard InChI is InChI=1S/2C22H33NO3/c2*1-14(2)8-17-12-23-7-6-16-9-22(26-13-15-4-5-15)21(25-3)10-18(16)19(23)11-20(17)24/h2*9-10,14-15,17,19-20,24H,4-8,11-13H2,1-3H3/t17-,19-,20-;/m1./s1. The molecular formula is C44H66N2O6. The molecule has 2 aromatic rings. The number of piperidine rings is 2. The van der Waals surface area contributed by atoms with Crippen molar-refractivity contribution in [2.24, 2.45) is 35.5 Å². The predicted octanol–water partition coefficient (Wildman–Crippen LogP) is 7.62. The maximum absolute atomic E-state index is 10.7. The fourth-order valence-electron chi connectivity index (χ4n) is 9.40. The van der Waals surface area contributed by atoms with Gasteiger partial charge in [0.05, 0.1) is 39.6 Å². The molecule has 0 radical (unpaired) electrons. The third-order valence-corrected chi connectivity index (χ3v) is 12.6. The van der Waals surface area contributed by atoms with Crippen molar-refractivity contribution in [3.05, 3.63) is 46.5 Å². The third-order valence-electron chi connectivity index (χ3n) is 12.6. The van der Waals surface area contributed by atoms with Crippen LogP contribution in [0, 0.1) is 35.5 Å². The van der Waals surface area contributed by atoms with Crippen molar-refractivity contribution in [2.75, 3.05) is 53.6 Å². The first-order valence-corrected chi connectivity index (χ1v) is 20.6. The van der Waals surface area contributed by atoms with Gasteiger partial charge in [0, 0.05) is 38.3 Å². The number of aliphatic hydroxyl groups is 2. The minimum absolute atomic E-state index is 0.207. The highest BCUT2D eigenvalue weighted by molar-refractivity contribution is 5.51. The molecule has 8 heteroatoms. The summed E-state index contributed by atoms with van der Waals surface area (Å²) in [4.78, 5) is 5.15. The number of rotatable bonds is 12. The third kappa shape index (κ3) is 8.88. The van der Waals surface area contributed by atoms with Crippen LogP contribution in [0.4, 0.5) is 0 Å². The van der Waals surface area contributed by atoms with Crippen molar-refractivity contribution in [1.82, 2.24) is 9.80 Å². The summed E-state index contributed by atoms with van der Waals surface area (Å²) in [6, 6.07) is 9.35. The van der Waals surface area contributed by atoms with Crippen LogP contribution >= 0.6 is 0 Å². The maximum Gasteiger partial charge on any atom is 0.161 e. The fraction of sp³-hybridized carbons (Fsp3) is 0.727. The smallest absolute Gasteiger partial charge is 0.161 e. The molecule has 8 nitrogen and oxygen atoms in total. The maximum atomic E-state index is 10.7. The minimum Gasteiger partial charge on any atom is -0.493 e. The number of hydrogen-bond donors (Lipinski definition) is 2. The van der Waals surface area contributed by atoms with E-state index < -0.39 is 0 Å². The molecule has 0 spiro atoms. The van der Waals surface area contributed by atoms with E-state index >= 15 is 0 Å². The summed E-state index contributed by atoms with van der Waals surface area (Å²) in [5.74, 6) is 6.99. The molecule has 2 aromatic carbocycles. The van der Waals surface area contributed by atoms with Crippen LogP contribution in [0.3, 0.4) is 0 Å². The van der Waals surface area contributed by atoms with E-state index in [1.54, 1.807) is 14.2 Å². The molecule has 2 N–H and O–H groups in total. The van der Waals surface area contributed by atoms with Crippen LogP contribution in [0.1, 0.15) is 113 Å². The lowest BCUT2D eigenvalue weighted by molar-refractivity contribution is -0.0192. The highest BCUT2D eigenvalue weighted by atomic mass is 16.5. The number of methoxy groups -OCH3 is 2. The molecule has 4 heterocycles. The average molecular weight is 719 g/mol. The monoisotopic (exact) mass is 718 g/mol. The lowest BCUT2D eigenvalue weighted by Crippen LogP contribution is -2.48. The molecule has 2 saturated carbocycles. The number of benzene rings is 2. The Bertz CT molecular complexity index is 1390. The number of nitrogens with zero attached hydrogens (tertiary/aromatic N) is 2. The molecule has 3 unspecified atom stereocenters. The van der Waals surface area contributed by atoms with Gasteiger partial charge in [-0.1, -0.05) is 27.7 Å². The Morgan fingerprint density at radius 2 is 1.02 bits per heavy atom. The Labute approximate surface area is 313 Å². The van der Waals surface area contributed by atoms with Gasteiger partial charge in [0.25, 0.3) is 0 Å². The summed E-state index contributed by atoms with van der Waals surface area (Å²) in [7, 11) is 3.45. The largest absolute Gasteiger partial charge is 0.493 e. The molecule has 0 aromatic heterocycles. The van der Waals surface area contributed by atoms with Crippen LogP contribution in [0.25, 0.3) is 0 Å². The van der Waals surface area contributed by atoms with Gasteiger partial charge in [-0.2, -0.15) is 0 Å². The molecule has 8 rings (SSSR count). The van der Waals surface area contributed by atoms with Gasteiger partial charge >= 0.3 is 0 Å². The fourth-order valence-corrected chi connectivity index (χ4v) is 9.40. The lowest BCUT2D eigenvalue weighted by atomic mass is 9.79. The van der Waals surface area contributed by atoms with E-state index in [1.165, 1.54) is 47.9 Å². The average Bonchev–Trinajstić information content (AvgIpc) is 4.06. The first-order valence-electron chi connectivity index (χ1n) is 20.6. The second-order valence-electron chi connectivity index (χ2n) is 17.8. The zero-order valence-corrected chi connectivity index (χ0v) is 32.8. The number of aliphatic hydroxyl groups excluding tert-OH is 2. The highest BCUT2D eigenvalue weighted by Gasteiger charge is 2.40. The summed E-state index contributed by atoms with van der Waals surface area (Å²) in [5, 5.41) is 21.5. The van der Waals surface area contributed by atoms with E-state index in [9.17, 15) is 10.2 Å². The van der Waals surface area contributed by atoms with Crippen molar-refractivity contribution >= 4 is 0 Å². The summed E-state index contributed by atoms with van der Waals surface area (Å²) in [5.41, 5.74) is 5.39. The van der Waals surface area contributed by atoms with Crippen molar-refractivity contribution in [2.45, 2.75) is 116 Å². The molecule has 0 bridgehead atoms. The summed E-state index contributed by atoms with van der Waals surface area (Å²) in [6.45, 7) is 14.8. The van der Waals surface area contributed by atoms with Crippen LogP contribution in [0.5, 0.6) is 23.0 Å². The van der Waals surface area contributed by atoms with Crippen molar-refractivity contribution in [3.8, 4) is 23.0 Å². The Hall–Kier alpha value is -2.52. The van der Waals surface area contributed by atoms with Gasteiger partial charge in [0.2, 0.25) is 0 Å². The SMILES string of the molecule is COc1cc2c(cc1OCC1CC1)CCN1CC(CC(C)C)C(O)CC21.COc1cc2c(cc1OCC1CC1)CCN1C[C@@H](CC(C)C)[C@H](O)C[C@H]21. The zero-order chi connectivity index (χ0) is 36.5. The molecule has 4 aliphatic heterocycles. The minimum atomic E-state index is -0.207. The molecule has 2 saturated heterocycles. The number of fused-ring (bicyclic) bond motifs is 6. The van der Waals surface area contributed by atoms with Gasteiger partial charge in [-0.05, 0) is 146 Å². The van der Waals surface area contributed by atoms with Gasteiger partial charge in [0.1, 0.15) is 0 Å². The van der Waals surface area contributed by atoms with Gasteiger partial charge in [-0.3, -0.25) is 9.80 Å². The van der Waals surface area contributed by atoms with Crippen LogP contribution in [0.15, 0.2) is 24.3 Å². The quantitative estimate of drug-likeness (QED) is 0.232. The Kier molecular flexibility index (Phi) is 12.0. The topological polar surface area (TPSA) is 83.9 Å². The van der Waals surface area contributed by atoms with E-state index in [0.29, 0.717) is 35.8 Å². The highest BCUT2D eigenvalue weighted by Crippen LogP contribution is 2.46. The number of ether oxygens (including phenoxy) is 4. The summed E-state index contributed by atoms with van der Waals surface area (Å²) in [6.07, 6.45) is 10.7. The number of hydrogen-bond acceptors (Lipinski definition) is 8. The molecule has 4 fully saturated rings. The van der Waals surface area contributed by atoms with E-state index in [2.05, 4.69) is 61.8 Å². The zero-order valence-electron chi connectivity index (χ0n) is 32.8. The second kappa shape index (κ2) is 16.5. The van der Waals surface area contributed by atoms with Crippen LogP contribution in [-0.2, 0) is 12.8 Å². The van der Waals surface area contributed by atoms with Crippen molar-refractivity contribution in [3.63, 3.8) is 0 Å². The first-order chi connectivity index (χ1) is 25.1. The first kappa shape index (κ1) is 37.8. The van der Waals surface area contributed by atoms with Gasteiger partial charge < -0.3 is 29.2 Å². The van der Waals surface area contributed by atoms with Crippen LogP contribution in [-0.4, -0.2) is 85.8 Å². The molecule has 6 aliphatic rings. The van der Waals surface area contributed by atoms with Crippen LogP contribution < -0.4 is 18.9 Å². The molecular weight excluding hydrogens is 652 g/mol. The molecule has 52 heavy (non-hydrogen) atoms. The molecule has 6 atom stereocenters. The van der Waals surface area contributed by atoms with Gasteiger partial charge in [0.15, 0.2) is 23.0 Å². The van der Waals surface area contributed by atoms with Crippen molar-refractivity contribution in [1.29, 1.82) is 0 Å². The normalized spacial score (nSPS) is 28.6. The second-order valence-corrected chi connectivity index (χ2v) is 17.8. The van der Waals surface area contributed by atoms with E-state index in [0.717, 1.165) is 113 Å². The van der Waals surface area contributed by atoms with Gasteiger partial charge in [-0.15, -0.1) is 0 Å². The Morgan fingerprint density at radius 1 is 0.615 bits per heavy atom. The van der Waals surface area contributed by atoms with Gasteiger partial charge in [-0.25, -0.2) is 0 Å². The predicted molar refractivity (Wildman–Crippen MR) is 206 cm³/mol. The lowest BCUT2D eigenvalue weighted by Gasteiger charge is -2.46. The molecule has 0 amide bonds. The Balaban J connectivity index is 0.000000162. The molecule has 288 valence electrons. The summed E-state index contributed by atoms with van der Waals surface area (Å²) >= 11 is 0. The van der Waals surface area contributed by atoms with E-state index in [-0.39, 0.29) is 12.2 Å². The molecule has 2 aliphatic carbocycles. The Morgan fingerprint density at radius 3 is 1.37 bits per heavy atom.